The van der Waals surface area contributed by atoms with Crippen molar-refractivity contribution in [1.82, 2.24) is 19.7 Å². The van der Waals surface area contributed by atoms with Gasteiger partial charge < -0.3 is 19.7 Å². The summed E-state index contributed by atoms with van der Waals surface area (Å²) >= 11 is 0. The Kier molecular flexibility index (Phi) is 8.61. The van der Waals surface area contributed by atoms with Gasteiger partial charge >= 0.3 is 0 Å². The first-order valence-corrected chi connectivity index (χ1v) is 13.1. The van der Waals surface area contributed by atoms with Crippen LogP contribution in [0.15, 0.2) is 17.2 Å². The number of aryl methyl sites for hydroxylation is 1. The zero-order valence-corrected chi connectivity index (χ0v) is 22.0. The van der Waals surface area contributed by atoms with Gasteiger partial charge in [-0.05, 0) is 84.7 Å². The first-order valence-electron chi connectivity index (χ1n) is 13.1. The average Bonchev–Trinajstić information content (AvgIpc) is 3.31. The molecule has 2 fully saturated rings. The van der Waals surface area contributed by atoms with Crippen molar-refractivity contribution >= 4 is 11.8 Å². The molecular formula is C27H44N4O3. The molecule has 1 unspecified atom stereocenters. The van der Waals surface area contributed by atoms with Crippen molar-refractivity contribution in [3.05, 3.63) is 33.7 Å². The van der Waals surface area contributed by atoms with Gasteiger partial charge in [0.2, 0.25) is 5.43 Å². The summed E-state index contributed by atoms with van der Waals surface area (Å²) in [6.07, 6.45) is 8.63. The molecule has 0 aromatic carbocycles. The van der Waals surface area contributed by atoms with Gasteiger partial charge in [-0.2, -0.15) is 0 Å². The average molecular weight is 473 g/mol. The van der Waals surface area contributed by atoms with Gasteiger partial charge in [0.1, 0.15) is 11.1 Å². The van der Waals surface area contributed by atoms with Gasteiger partial charge in [-0.15, -0.1) is 0 Å². The highest BCUT2D eigenvalue weighted by Gasteiger charge is 2.32. The lowest BCUT2D eigenvalue weighted by Crippen LogP contribution is -2.46. The normalized spacial score (nSPS) is 19.0. The predicted molar refractivity (Wildman–Crippen MR) is 136 cm³/mol. The van der Waals surface area contributed by atoms with Crippen molar-refractivity contribution in [3.63, 3.8) is 0 Å². The molecule has 0 spiro atoms. The van der Waals surface area contributed by atoms with E-state index in [4.69, 9.17) is 0 Å². The molecule has 190 valence electrons. The van der Waals surface area contributed by atoms with E-state index in [0.29, 0.717) is 37.5 Å². The summed E-state index contributed by atoms with van der Waals surface area (Å²) in [7, 11) is 0. The summed E-state index contributed by atoms with van der Waals surface area (Å²) in [5.41, 5.74) is -0.793. The van der Waals surface area contributed by atoms with Crippen LogP contribution in [0.3, 0.4) is 0 Å². The molecule has 0 bridgehead atoms. The van der Waals surface area contributed by atoms with Crippen molar-refractivity contribution in [3.8, 4) is 0 Å². The number of nitrogens with one attached hydrogen (secondary N) is 1. The molecule has 3 heterocycles. The van der Waals surface area contributed by atoms with E-state index >= 15 is 0 Å². The molecule has 1 N–H and O–H groups in total. The van der Waals surface area contributed by atoms with Crippen LogP contribution in [0.1, 0.15) is 94.4 Å². The lowest BCUT2D eigenvalue weighted by molar-refractivity contribution is 0.0622. The fourth-order valence-corrected chi connectivity index (χ4v) is 5.09. The molecule has 1 atom stereocenters. The summed E-state index contributed by atoms with van der Waals surface area (Å²) in [6, 6.07) is 0.539. The van der Waals surface area contributed by atoms with Crippen molar-refractivity contribution in [2.45, 2.75) is 91.8 Å². The molecule has 34 heavy (non-hydrogen) atoms. The third-order valence-electron chi connectivity index (χ3n) is 7.23. The van der Waals surface area contributed by atoms with Crippen LogP contribution in [0, 0.1) is 11.8 Å². The molecule has 2 amide bonds. The number of hydrogen-bond donors (Lipinski definition) is 1. The second-order valence-electron chi connectivity index (χ2n) is 11.7. The number of pyridine rings is 1. The first-order chi connectivity index (χ1) is 16.0. The smallest absolute Gasteiger partial charge is 0.259 e. The van der Waals surface area contributed by atoms with Gasteiger partial charge in [-0.3, -0.25) is 14.4 Å². The van der Waals surface area contributed by atoms with Gasteiger partial charge in [-0.1, -0.05) is 13.8 Å². The molecule has 0 saturated carbocycles. The van der Waals surface area contributed by atoms with Crippen LogP contribution < -0.4 is 10.7 Å². The molecule has 2 aliphatic heterocycles. The second-order valence-corrected chi connectivity index (χ2v) is 11.7. The van der Waals surface area contributed by atoms with Crippen LogP contribution in [0.25, 0.3) is 0 Å². The van der Waals surface area contributed by atoms with Crippen LogP contribution in [0.5, 0.6) is 0 Å². The summed E-state index contributed by atoms with van der Waals surface area (Å²) in [5, 5.41) is 2.88. The molecule has 2 saturated heterocycles. The van der Waals surface area contributed by atoms with E-state index in [1.54, 1.807) is 12.4 Å². The van der Waals surface area contributed by atoms with E-state index in [-0.39, 0.29) is 17.0 Å². The number of likely N-dealkylation sites (tertiary alicyclic amines) is 2. The minimum Gasteiger partial charge on any atom is -0.352 e. The maximum atomic E-state index is 13.5. The summed E-state index contributed by atoms with van der Waals surface area (Å²) in [6.45, 7) is 16.6. The lowest BCUT2D eigenvalue weighted by Gasteiger charge is -2.38. The summed E-state index contributed by atoms with van der Waals surface area (Å²) in [5.74, 6) is 0.375. The number of amides is 2. The largest absolute Gasteiger partial charge is 0.352 e. The van der Waals surface area contributed by atoms with Crippen molar-refractivity contribution in [2.24, 2.45) is 11.8 Å². The Balaban J connectivity index is 1.79. The molecule has 7 nitrogen and oxygen atoms in total. The van der Waals surface area contributed by atoms with Crippen LogP contribution in [0.2, 0.25) is 0 Å². The summed E-state index contributed by atoms with van der Waals surface area (Å²) < 4.78 is 1.84. The Bertz CT molecular complexity index is 917. The maximum absolute atomic E-state index is 13.5. The van der Waals surface area contributed by atoms with E-state index in [9.17, 15) is 14.4 Å². The van der Waals surface area contributed by atoms with Gasteiger partial charge in [0.05, 0.1) is 0 Å². The Labute approximate surface area is 204 Å². The highest BCUT2D eigenvalue weighted by molar-refractivity contribution is 5.99. The Hall–Kier alpha value is -2.15. The molecule has 0 aliphatic carbocycles. The molecule has 0 radical (unpaired) electrons. The Morgan fingerprint density at radius 1 is 1.00 bits per heavy atom. The number of aromatic nitrogens is 1. The van der Waals surface area contributed by atoms with Gasteiger partial charge in [0.15, 0.2) is 0 Å². The van der Waals surface area contributed by atoms with Crippen LogP contribution in [-0.2, 0) is 6.54 Å². The number of carbonyl (C=O) groups is 2. The van der Waals surface area contributed by atoms with Crippen molar-refractivity contribution in [1.29, 1.82) is 0 Å². The van der Waals surface area contributed by atoms with E-state index < -0.39 is 16.9 Å². The number of piperidine rings is 1. The van der Waals surface area contributed by atoms with Gasteiger partial charge in [0, 0.05) is 43.6 Å². The number of carbonyl (C=O) groups excluding carboxylic acids is 2. The molecular weight excluding hydrogens is 428 g/mol. The predicted octanol–water partition coefficient (Wildman–Crippen LogP) is 3.76. The van der Waals surface area contributed by atoms with Gasteiger partial charge in [-0.25, -0.2) is 0 Å². The minimum absolute atomic E-state index is 0.0436. The van der Waals surface area contributed by atoms with Crippen LogP contribution in [-0.4, -0.2) is 63.9 Å². The zero-order chi connectivity index (χ0) is 25.0. The highest BCUT2D eigenvalue weighted by atomic mass is 16.2. The standard InChI is InChI=1S/C27H44N4O3/c1-19(2)9-14-29-17-22(25(33)28-27(4,5)6)24(32)23(18-29)26(34)31-15-10-21(11-16-31)20(3)30-12-7-8-13-30/h17-21H,7-16H2,1-6H3,(H,28,33). The van der Waals surface area contributed by atoms with Crippen LogP contribution in [0.4, 0.5) is 0 Å². The van der Waals surface area contributed by atoms with Crippen molar-refractivity contribution < 1.29 is 9.59 Å². The number of nitrogens with zero attached hydrogens (tertiary/aromatic N) is 3. The summed E-state index contributed by atoms with van der Waals surface area (Å²) in [4.78, 5) is 44.1. The van der Waals surface area contributed by atoms with E-state index in [1.807, 2.05) is 30.2 Å². The quantitative estimate of drug-likeness (QED) is 0.656. The maximum Gasteiger partial charge on any atom is 0.259 e. The monoisotopic (exact) mass is 472 g/mol. The third kappa shape index (κ3) is 6.71. The first kappa shape index (κ1) is 26.5. The van der Waals surface area contributed by atoms with Crippen molar-refractivity contribution in [2.75, 3.05) is 26.2 Å². The number of hydrogen-bond acceptors (Lipinski definition) is 4. The lowest BCUT2D eigenvalue weighted by atomic mass is 9.89. The third-order valence-corrected chi connectivity index (χ3v) is 7.23. The zero-order valence-electron chi connectivity index (χ0n) is 22.0. The fraction of sp³-hybridized carbons (Fsp3) is 0.741. The van der Waals surface area contributed by atoms with E-state index in [0.717, 1.165) is 19.3 Å². The molecule has 1 aromatic rings. The SMILES string of the molecule is CC(C)CCn1cc(C(=O)NC(C)(C)C)c(=O)c(C(=O)N2CCC(C(C)N3CCCC3)CC2)c1. The fourth-order valence-electron chi connectivity index (χ4n) is 5.09. The molecule has 2 aliphatic rings. The minimum atomic E-state index is -0.472. The second kappa shape index (κ2) is 11.1. The number of rotatable bonds is 7. The van der Waals surface area contributed by atoms with Crippen LogP contribution >= 0.6 is 0 Å². The Morgan fingerprint density at radius 2 is 1.59 bits per heavy atom. The molecule has 1 aromatic heterocycles. The van der Waals surface area contributed by atoms with E-state index in [2.05, 4.69) is 31.0 Å². The topological polar surface area (TPSA) is 74.6 Å². The molecule has 7 heteroatoms. The molecule has 3 rings (SSSR count). The highest BCUT2D eigenvalue weighted by Crippen LogP contribution is 2.27. The van der Waals surface area contributed by atoms with Gasteiger partial charge in [0.25, 0.3) is 11.8 Å². The van der Waals surface area contributed by atoms with E-state index in [1.165, 1.54) is 25.9 Å². The Morgan fingerprint density at radius 3 is 2.15 bits per heavy atom.